The van der Waals surface area contributed by atoms with Gasteiger partial charge in [-0.15, -0.1) is 5.10 Å². The van der Waals surface area contributed by atoms with Crippen LogP contribution in [0.4, 0.5) is 13.2 Å². The van der Waals surface area contributed by atoms with Crippen molar-refractivity contribution in [2.24, 2.45) is 0 Å². The van der Waals surface area contributed by atoms with Gasteiger partial charge in [0.2, 0.25) is 0 Å². The maximum Gasteiger partial charge on any atom is 0.416 e. The van der Waals surface area contributed by atoms with Crippen LogP contribution in [0, 0.1) is 0 Å². The molecule has 0 unspecified atom stereocenters. The quantitative estimate of drug-likeness (QED) is 0.567. The van der Waals surface area contributed by atoms with E-state index in [0.29, 0.717) is 11.6 Å². The van der Waals surface area contributed by atoms with Crippen molar-refractivity contribution in [2.45, 2.75) is 57.9 Å². The molecular formula is C20H21F3N6O2. The molecule has 1 aliphatic carbocycles. The average Bonchev–Trinajstić information content (AvgIpc) is 3.25. The predicted molar refractivity (Wildman–Crippen MR) is 102 cm³/mol. The van der Waals surface area contributed by atoms with Gasteiger partial charge < -0.3 is 4.74 Å². The third-order valence-corrected chi connectivity index (χ3v) is 4.88. The molecule has 3 aromatic rings. The van der Waals surface area contributed by atoms with Crippen LogP contribution in [0.15, 0.2) is 30.3 Å². The molecule has 164 valence electrons. The number of rotatable bonds is 5. The first-order valence-corrected chi connectivity index (χ1v) is 9.76. The lowest BCUT2D eigenvalue weighted by Crippen LogP contribution is -2.25. The number of alkyl halides is 3. The van der Waals surface area contributed by atoms with Crippen molar-refractivity contribution in [2.75, 3.05) is 0 Å². The van der Waals surface area contributed by atoms with Crippen molar-refractivity contribution in [3.8, 4) is 5.69 Å². The summed E-state index contributed by atoms with van der Waals surface area (Å²) in [7, 11) is 0. The van der Waals surface area contributed by atoms with Gasteiger partial charge in [-0.25, -0.2) is 4.79 Å². The molecule has 31 heavy (non-hydrogen) atoms. The predicted octanol–water partition coefficient (Wildman–Crippen LogP) is 3.87. The number of esters is 1. The smallest absolute Gasteiger partial charge is 0.416 e. The first-order chi connectivity index (χ1) is 14.5. The van der Waals surface area contributed by atoms with Crippen LogP contribution >= 0.6 is 0 Å². The molecule has 0 atom stereocenters. The zero-order chi connectivity index (χ0) is 22.4. The molecule has 2 aromatic heterocycles. The number of nitrogens with zero attached hydrogens (tertiary/aromatic N) is 6. The molecule has 0 N–H and O–H groups in total. The van der Waals surface area contributed by atoms with Crippen LogP contribution in [0.3, 0.4) is 0 Å². The van der Waals surface area contributed by atoms with Gasteiger partial charge in [0.25, 0.3) is 0 Å². The number of carbonyl (C=O) groups is 1. The number of hydrogen-bond acceptors (Lipinski definition) is 6. The third-order valence-electron chi connectivity index (χ3n) is 4.88. The van der Waals surface area contributed by atoms with Crippen LogP contribution in [-0.4, -0.2) is 36.0 Å². The molecule has 0 saturated heterocycles. The summed E-state index contributed by atoms with van der Waals surface area (Å²) in [6, 6.07) is 6.12. The Kier molecular flexibility index (Phi) is 5.06. The largest absolute Gasteiger partial charge is 0.453 e. The minimum absolute atomic E-state index is 0.172. The minimum atomic E-state index is -4.44. The third kappa shape index (κ3) is 4.44. The molecular weight excluding hydrogens is 413 g/mol. The van der Waals surface area contributed by atoms with Gasteiger partial charge in [0.1, 0.15) is 0 Å². The van der Waals surface area contributed by atoms with Crippen LogP contribution in [0.1, 0.15) is 67.1 Å². The fourth-order valence-electron chi connectivity index (χ4n) is 3.19. The van der Waals surface area contributed by atoms with Gasteiger partial charge >= 0.3 is 12.1 Å². The lowest BCUT2D eigenvalue weighted by Gasteiger charge is -2.22. The lowest BCUT2D eigenvalue weighted by molar-refractivity contribution is -0.137. The Morgan fingerprint density at radius 1 is 1.16 bits per heavy atom. The summed E-state index contributed by atoms with van der Waals surface area (Å²) in [5, 5.41) is 15.5. The van der Waals surface area contributed by atoms with Crippen LogP contribution in [0.25, 0.3) is 5.69 Å². The molecule has 1 saturated carbocycles. The molecule has 0 bridgehead atoms. The Morgan fingerprint density at radius 3 is 2.42 bits per heavy atom. The molecule has 1 aliphatic rings. The molecule has 4 rings (SSSR count). The second-order valence-corrected chi connectivity index (χ2v) is 8.44. The van der Waals surface area contributed by atoms with E-state index in [1.807, 2.05) is 25.5 Å². The van der Waals surface area contributed by atoms with Gasteiger partial charge in [0.05, 0.1) is 16.8 Å². The maximum absolute atomic E-state index is 12.8. The number of aromatic nitrogens is 6. The summed E-state index contributed by atoms with van der Waals surface area (Å²) in [5.41, 5.74) is 0.470. The summed E-state index contributed by atoms with van der Waals surface area (Å²) in [4.78, 5) is 12.6. The van der Waals surface area contributed by atoms with E-state index in [1.165, 1.54) is 16.8 Å². The Morgan fingerprint density at radius 2 is 1.84 bits per heavy atom. The molecule has 11 heteroatoms. The summed E-state index contributed by atoms with van der Waals surface area (Å²) in [6.45, 7) is 5.78. The summed E-state index contributed by atoms with van der Waals surface area (Å²) in [5.74, 6) is -0.0436. The molecule has 0 aliphatic heterocycles. The molecule has 0 radical (unpaired) electrons. The second-order valence-electron chi connectivity index (χ2n) is 8.44. The van der Waals surface area contributed by atoms with Gasteiger partial charge in [0.15, 0.2) is 18.1 Å². The zero-order valence-corrected chi connectivity index (χ0v) is 17.2. The van der Waals surface area contributed by atoms with E-state index in [-0.39, 0.29) is 23.7 Å². The van der Waals surface area contributed by atoms with E-state index in [4.69, 9.17) is 4.74 Å². The van der Waals surface area contributed by atoms with Crippen LogP contribution in [0.5, 0.6) is 0 Å². The Labute approximate surface area is 176 Å². The first kappa shape index (κ1) is 21.0. The average molecular weight is 434 g/mol. The van der Waals surface area contributed by atoms with Crippen molar-refractivity contribution in [1.29, 1.82) is 0 Å². The highest BCUT2D eigenvalue weighted by Gasteiger charge is 2.33. The maximum atomic E-state index is 12.8. The molecule has 1 fully saturated rings. The number of carbonyl (C=O) groups excluding carboxylic acids is 1. The van der Waals surface area contributed by atoms with E-state index in [1.54, 1.807) is 6.07 Å². The van der Waals surface area contributed by atoms with Gasteiger partial charge in [-0.05, 0) is 74.4 Å². The zero-order valence-electron chi connectivity index (χ0n) is 17.2. The molecule has 8 nitrogen and oxygen atoms in total. The molecule has 0 spiro atoms. The molecule has 0 amide bonds. The SMILES string of the molecule is CC(C)(C)n1nc(C(=O)OCc2nnnn2-c2ccc(C(F)(F)F)cc2)cc1C1CC1. The lowest BCUT2D eigenvalue weighted by atomic mass is 10.1. The Balaban J connectivity index is 1.49. The van der Waals surface area contributed by atoms with Gasteiger partial charge in [-0.1, -0.05) is 0 Å². The number of hydrogen-bond donors (Lipinski definition) is 0. The number of tetrazole rings is 1. The number of ether oxygens (including phenoxy) is 1. The van der Waals surface area contributed by atoms with Crippen LogP contribution in [-0.2, 0) is 23.1 Å². The Bertz CT molecular complexity index is 1090. The van der Waals surface area contributed by atoms with E-state index in [2.05, 4.69) is 20.6 Å². The highest BCUT2D eigenvalue weighted by atomic mass is 19.4. The fraction of sp³-hybridized carbons (Fsp3) is 0.450. The highest BCUT2D eigenvalue weighted by molar-refractivity contribution is 5.87. The van der Waals surface area contributed by atoms with Gasteiger partial charge in [-0.2, -0.15) is 23.0 Å². The van der Waals surface area contributed by atoms with Crippen molar-refractivity contribution in [3.05, 3.63) is 53.1 Å². The first-order valence-electron chi connectivity index (χ1n) is 9.76. The van der Waals surface area contributed by atoms with E-state index >= 15 is 0 Å². The van der Waals surface area contributed by atoms with Gasteiger partial charge in [-0.3, -0.25) is 4.68 Å². The van der Waals surface area contributed by atoms with Crippen molar-refractivity contribution in [1.82, 2.24) is 30.0 Å². The van der Waals surface area contributed by atoms with Crippen molar-refractivity contribution >= 4 is 5.97 Å². The number of benzene rings is 1. The fourth-order valence-corrected chi connectivity index (χ4v) is 3.19. The minimum Gasteiger partial charge on any atom is -0.453 e. The summed E-state index contributed by atoms with van der Waals surface area (Å²) < 4.78 is 46.7. The standard InChI is InChI=1S/C20H21F3N6O2/c1-19(2,3)29-16(12-4-5-12)10-15(25-29)18(30)31-11-17-24-26-27-28(17)14-8-6-13(7-9-14)20(21,22)23/h6-10,12H,4-5,11H2,1-3H3. The summed E-state index contributed by atoms with van der Waals surface area (Å²) >= 11 is 0. The topological polar surface area (TPSA) is 87.7 Å². The van der Waals surface area contributed by atoms with E-state index < -0.39 is 17.7 Å². The second kappa shape index (κ2) is 7.47. The van der Waals surface area contributed by atoms with Crippen LogP contribution in [0.2, 0.25) is 0 Å². The molecule has 1 aromatic carbocycles. The normalized spacial score (nSPS) is 14.6. The number of halogens is 3. The highest BCUT2D eigenvalue weighted by Crippen LogP contribution is 2.41. The van der Waals surface area contributed by atoms with E-state index in [0.717, 1.165) is 30.7 Å². The Hall–Kier alpha value is -3.24. The summed E-state index contributed by atoms with van der Waals surface area (Å²) in [6.07, 6.45) is -2.30. The van der Waals surface area contributed by atoms with Crippen molar-refractivity contribution in [3.63, 3.8) is 0 Å². The van der Waals surface area contributed by atoms with Gasteiger partial charge in [0, 0.05) is 11.6 Å². The van der Waals surface area contributed by atoms with E-state index in [9.17, 15) is 18.0 Å². The van der Waals surface area contributed by atoms with Crippen molar-refractivity contribution < 1.29 is 22.7 Å². The monoisotopic (exact) mass is 434 g/mol. The molecule has 2 heterocycles. The van der Waals surface area contributed by atoms with Crippen LogP contribution < -0.4 is 0 Å².